The van der Waals surface area contributed by atoms with E-state index in [0.717, 1.165) is 0 Å². The molecule has 0 aliphatic rings. The molecule has 6 heavy (non-hydrogen) atoms. The number of rotatable bonds is 0. The monoisotopic (exact) mass is 272 g/mol. The van der Waals surface area contributed by atoms with Crippen molar-refractivity contribution in [2.75, 3.05) is 0 Å². The molecule has 0 saturated carbocycles. The topological polar surface area (TPSA) is 0 Å². The summed E-state index contributed by atoms with van der Waals surface area (Å²) in [5, 5.41) is 0. The van der Waals surface area contributed by atoms with Crippen LogP contribution in [-0.4, -0.2) is 60.8 Å². The predicted octanol–water partition coefficient (Wildman–Crippen LogP) is -0.261. The minimum Gasteiger partial charge on any atom is -1.00 e. The molecule has 0 aliphatic carbocycles. The van der Waals surface area contributed by atoms with Gasteiger partial charge in [0, 0.05) is 51.5 Å². The molecule has 2 radical (unpaired) electrons. The third-order valence-corrected chi connectivity index (χ3v) is 0. The Balaban J connectivity index is 0. The van der Waals surface area contributed by atoms with E-state index < -0.39 is 0 Å². The van der Waals surface area contributed by atoms with E-state index in [1.807, 2.05) is 0 Å². The van der Waals surface area contributed by atoms with Crippen molar-refractivity contribution < 1.29 is 57.2 Å². The summed E-state index contributed by atoms with van der Waals surface area (Å²) in [7, 11) is 0. The van der Waals surface area contributed by atoms with Crippen LogP contribution >= 0.6 is 9.90 Å². The van der Waals surface area contributed by atoms with Crippen LogP contribution in [0.5, 0.6) is 0 Å². The van der Waals surface area contributed by atoms with Crippen LogP contribution in [0.3, 0.4) is 0 Å². The summed E-state index contributed by atoms with van der Waals surface area (Å²) in [5.74, 6) is 0. The fourth-order valence-corrected chi connectivity index (χ4v) is 0. The third kappa shape index (κ3) is 24.4. The van der Waals surface area contributed by atoms with Crippen LogP contribution in [0.25, 0.3) is 0 Å². The van der Waals surface area contributed by atoms with Crippen LogP contribution in [0.1, 0.15) is 5.71 Å². The fraction of sp³-hybridized carbons (Fsp3) is 0. The van der Waals surface area contributed by atoms with E-state index in [9.17, 15) is 0 Å². The van der Waals surface area contributed by atoms with E-state index in [0.29, 0.717) is 0 Å². The van der Waals surface area contributed by atoms with Gasteiger partial charge in [0.15, 0.2) is 0 Å². The second kappa shape index (κ2) is 35.9. The maximum absolute atomic E-state index is 0. The van der Waals surface area contributed by atoms with Crippen molar-refractivity contribution in [2.24, 2.45) is 0 Å². The molecule has 0 fully saturated rings. The summed E-state index contributed by atoms with van der Waals surface area (Å²) in [5.41, 5.74) is 0. The van der Waals surface area contributed by atoms with Gasteiger partial charge < -0.3 is 5.71 Å². The molecule has 1 unspecified atom stereocenters. The quantitative estimate of drug-likeness (QED) is 0.421. The summed E-state index contributed by atoms with van der Waals surface area (Å²) < 4.78 is 0. The summed E-state index contributed by atoms with van der Waals surface area (Å²) in [6, 6.07) is 0. The fourth-order valence-electron chi connectivity index (χ4n) is 0. The molecule has 0 heterocycles. The van der Waals surface area contributed by atoms with Crippen molar-refractivity contribution in [1.82, 2.24) is 0 Å². The van der Waals surface area contributed by atoms with Gasteiger partial charge in [-0.2, -0.15) is 9.90 Å². The maximum atomic E-state index is 0. The van der Waals surface area contributed by atoms with Gasteiger partial charge in [0.2, 0.25) is 0 Å². The van der Waals surface area contributed by atoms with E-state index >= 15 is 0 Å². The van der Waals surface area contributed by atoms with Crippen LogP contribution in [0.2, 0.25) is 0 Å². The molecule has 0 aliphatic heterocycles. The first kappa shape index (κ1) is 50.4. The Morgan fingerprint density at radius 2 is 1.17 bits per heavy atom. The molecule has 0 saturated heterocycles. The van der Waals surface area contributed by atoms with Crippen molar-refractivity contribution in [3.63, 3.8) is 0 Å². The molecule has 0 aromatic rings. The summed E-state index contributed by atoms with van der Waals surface area (Å²) in [6.45, 7) is 0. The SMILES string of the molecule is P.[Ca+2].[Cr].[Cu].[H-].[H-].[H-].[H-].[Mg+2].[Mn]. The molecule has 0 nitrogen and oxygen atoms in total. The van der Waals surface area contributed by atoms with E-state index in [4.69, 9.17) is 0 Å². The molecule has 0 aromatic carbocycles. The van der Waals surface area contributed by atoms with E-state index in [1.165, 1.54) is 0 Å². The second-order valence-electron chi connectivity index (χ2n) is 0. The van der Waals surface area contributed by atoms with Crippen molar-refractivity contribution in [1.29, 1.82) is 0 Å². The molecule has 0 N–H and O–H groups in total. The van der Waals surface area contributed by atoms with E-state index in [1.54, 1.807) is 0 Å². The molecule has 0 bridgehead atoms. The Bertz CT molecular complexity index is 25.2. The molecule has 40 valence electrons. The van der Waals surface area contributed by atoms with Crippen molar-refractivity contribution in [2.45, 2.75) is 0 Å². The Morgan fingerprint density at radius 1 is 1.17 bits per heavy atom. The molecule has 0 rings (SSSR count). The van der Waals surface area contributed by atoms with Crippen molar-refractivity contribution in [3.8, 4) is 0 Å². The average molecular weight is 273 g/mol. The van der Waals surface area contributed by atoms with E-state index in [2.05, 4.69) is 0 Å². The smallest absolute Gasteiger partial charge is 1.00 e. The molecule has 1 atom stereocenters. The molecular weight excluding hydrogens is 266 g/mol. The average Bonchev–Trinajstić information content (AvgIpc) is 0. The first-order chi connectivity index (χ1) is 0. The van der Waals surface area contributed by atoms with Crippen LogP contribution < -0.4 is 0 Å². The van der Waals surface area contributed by atoms with Gasteiger partial charge in [-0.3, -0.25) is 0 Å². The minimum atomic E-state index is 0. The van der Waals surface area contributed by atoms with Gasteiger partial charge in [0.1, 0.15) is 0 Å². The van der Waals surface area contributed by atoms with Gasteiger partial charge in [-0.1, -0.05) is 0 Å². The van der Waals surface area contributed by atoms with Gasteiger partial charge in [0.05, 0.1) is 0 Å². The zero-order chi connectivity index (χ0) is 0. The second-order valence-corrected chi connectivity index (χ2v) is 0. The maximum Gasteiger partial charge on any atom is 2.00 e. The van der Waals surface area contributed by atoms with Gasteiger partial charge in [-0.25, -0.2) is 0 Å². The van der Waals surface area contributed by atoms with Gasteiger partial charge in [0.25, 0.3) is 0 Å². The van der Waals surface area contributed by atoms with Crippen molar-refractivity contribution >= 4 is 70.7 Å². The Hall–Kier alpha value is 4.03. The molecular formula is H7CaCrCuMgMnP. The minimum absolute atomic E-state index is 0. The van der Waals surface area contributed by atoms with E-state index in [-0.39, 0.29) is 128 Å². The van der Waals surface area contributed by atoms with Gasteiger partial charge in [-0.15, -0.1) is 0 Å². The Morgan fingerprint density at radius 3 is 1.17 bits per heavy atom. The van der Waals surface area contributed by atoms with Crippen LogP contribution in [0.4, 0.5) is 0 Å². The predicted molar refractivity (Wildman–Crippen MR) is 27.1 cm³/mol. The molecule has 0 amide bonds. The summed E-state index contributed by atoms with van der Waals surface area (Å²) in [4.78, 5) is 0. The number of hydrogen-bond donors (Lipinski definition) is 0. The van der Waals surface area contributed by atoms with Crippen LogP contribution in [-0.2, 0) is 51.5 Å². The van der Waals surface area contributed by atoms with Crippen molar-refractivity contribution in [3.05, 3.63) is 0 Å². The van der Waals surface area contributed by atoms with Crippen LogP contribution in [0.15, 0.2) is 0 Å². The third-order valence-electron chi connectivity index (χ3n) is 0. The largest absolute Gasteiger partial charge is 2.00 e. The molecule has 6 heteroatoms. The van der Waals surface area contributed by atoms with Gasteiger partial charge in [-0.05, 0) is 0 Å². The van der Waals surface area contributed by atoms with Gasteiger partial charge >= 0.3 is 60.8 Å². The normalized spacial score (nSPS) is 0. The zero-order valence-electron chi connectivity index (χ0n) is 7.21. The standard InChI is InChI=1S/Ca.Cr.Cu.Mg.Mn.H3P.4H/h;;;;;1H3;;;;/q+2;;;+2;;;4*-1. The Kier molecular flexibility index (Phi) is 301. The molecule has 0 spiro atoms. The van der Waals surface area contributed by atoms with Crippen LogP contribution in [0, 0.1) is 0 Å². The molecule has 0 aromatic heterocycles. The first-order valence-electron chi connectivity index (χ1n) is 0. The zero-order valence-corrected chi connectivity index (χ0v) is 11.6. The summed E-state index contributed by atoms with van der Waals surface area (Å²) in [6.07, 6.45) is 0. The Labute approximate surface area is 126 Å². The summed E-state index contributed by atoms with van der Waals surface area (Å²) >= 11 is 0. The first-order valence-corrected chi connectivity index (χ1v) is 0. The number of hydrogen-bond acceptors (Lipinski definition) is 0.